The van der Waals surface area contributed by atoms with E-state index in [4.69, 9.17) is 21.1 Å². The fourth-order valence-electron chi connectivity index (χ4n) is 3.29. The molecule has 4 rings (SSSR count). The average Bonchev–Trinajstić information content (AvgIpc) is 3.25. The molecular formula is C22H22ClN3O5S2. The molecule has 1 fully saturated rings. The van der Waals surface area contributed by atoms with Crippen LogP contribution < -0.4 is 10.1 Å². The van der Waals surface area contributed by atoms with Gasteiger partial charge in [0.1, 0.15) is 5.75 Å². The maximum atomic E-state index is 12.8. The Balaban J connectivity index is 1.38. The zero-order valence-electron chi connectivity index (χ0n) is 17.8. The molecule has 0 aliphatic carbocycles. The fourth-order valence-corrected chi connectivity index (χ4v) is 5.64. The Bertz CT molecular complexity index is 1260. The minimum Gasteiger partial charge on any atom is -0.482 e. The van der Waals surface area contributed by atoms with E-state index in [1.807, 2.05) is 30.5 Å². The zero-order chi connectivity index (χ0) is 23.4. The number of morpholine rings is 1. The number of carbonyl (C=O) groups excluding carboxylic acids is 1. The average molecular weight is 508 g/mol. The molecular weight excluding hydrogens is 486 g/mol. The van der Waals surface area contributed by atoms with Crippen molar-refractivity contribution in [1.82, 2.24) is 9.29 Å². The van der Waals surface area contributed by atoms with E-state index in [1.165, 1.54) is 22.5 Å². The number of rotatable bonds is 7. The van der Waals surface area contributed by atoms with Crippen LogP contribution in [0.4, 0.5) is 5.69 Å². The number of thiazole rings is 1. The summed E-state index contributed by atoms with van der Waals surface area (Å²) in [4.78, 5) is 16.9. The molecule has 0 spiro atoms. The summed E-state index contributed by atoms with van der Waals surface area (Å²) in [6, 6.07) is 11.6. The summed E-state index contributed by atoms with van der Waals surface area (Å²) in [5.74, 6) is -0.151. The fraction of sp³-hybridized carbons (Fsp3) is 0.273. The van der Waals surface area contributed by atoms with Crippen LogP contribution in [0.15, 0.2) is 52.7 Å². The molecule has 0 saturated carbocycles. The van der Waals surface area contributed by atoms with Crippen molar-refractivity contribution in [2.75, 3.05) is 38.2 Å². The van der Waals surface area contributed by atoms with E-state index >= 15 is 0 Å². The van der Waals surface area contributed by atoms with Crippen molar-refractivity contribution in [3.8, 4) is 17.0 Å². The largest absolute Gasteiger partial charge is 0.482 e. The summed E-state index contributed by atoms with van der Waals surface area (Å²) in [6.45, 7) is 2.96. The highest BCUT2D eigenvalue weighted by Crippen LogP contribution is 2.29. The van der Waals surface area contributed by atoms with Crippen LogP contribution in [-0.4, -0.2) is 56.5 Å². The van der Waals surface area contributed by atoms with E-state index in [1.54, 1.807) is 17.4 Å². The van der Waals surface area contributed by atoms with E-state index in [0.29, 0.717) is 32.0 Å². The molecule has 2 aromatic carbocycles. The smallest absolute Gasteiger partial charge is 0.262 e. The van der Waals surface area contributed by atoms with E-state index in [2.05, 4.69) is 10.3 Å². The summed E-state index contributed by atoms with van der Waals surface area (Å²) in [5, 5.41) is 5.82. The first kappa shape index (κ1) is 23.7. The molecule has 1 amide bonds. The molecule has 33 heavy (non-hydrogen) atoms. The second-order valence-electron chi connectivity index (χ2n) is 7.28. The molecule has 0 atom stereocenters. The third kappa shape index (κ3) is 5.71. The van der Waals surface area contributed by atoms with Crippen LogP contribution in [0.1, 0.15) is 5.01 Å². The van der Waals surface area contributed by atoms with Crippen molar-refractivity contribution < 1.29 is 22.7 Å². The molecule has 1 aliphatic rings. The number of anilines is 1. The summed E-state index contributed by atoms with van der Waals surface area (Å²) in [5.41, 5.74) is 2.37. The van der Waals surface area contributed by atoms with Gasteiger partial charge in [-0.2, -0.15) is 4.31 Å². The number of amides is 1. The lowest BCUT2D eigenvalue weighted by molar-refractivity contribution is -0.118. The van der Waals surface area contributed by atoms with E-state index < -0.39 is 10.0 Å². The number of ether oxygens (including phenoxy) is 2. The standard InChI is InChI=1S/C22H22ClN3O5S2/c1-15-24-20(14-32-15)16-3-2-4-17(11-16)25-22(27)13-31-21-6-5-18(12-19(21)23)33(28,29)26-7-9-30-10-8-26/h2-6,11-12,14H,7-10,13H2,1H3,(H,25,27). The predicted molar refractivity (Wildman–Crippen MR) is 127 cm³/mol. The van der Waals surface area contributed by atoms with Gasteiger partial charge < -0.3 is 14.8 Å². The van der Waals surface area contributed by atoms with E-state index in [9.17, 15) is 13.2 Å². The first-order chi connectivity index (χ1) is 15.8. The maximum Gasteiger partial charge on any atom is 0.262 e. The van der Waals surface area contributed by atoms with Gasteiger partial charge in [-0.3, -0.25) is 4.79 Å². The number of benzene rings is 2. The van der Waals surface area contributed by atoms with Crippen LogP contribution in [0.25, 0.3) is 11.3 Å². The van der Waals surface area contributed by atoms with Gasteiger partial charge in [-0.05, 0) is 37.3 Å². The third-order valence-electron chi connectivity index (χ3n) is 4.93. The Morgan fingerprint density at radius 3 is 2.73 bits per heavy atom. The minimum atomic E-state index is -3.67. The van der Waals surface area contributed by atoms with Crippen molar-refractivity contribution in [2.45, 2.75) is 11.8 Å². The van der Waals surface area contributed by atoms with Crippen molar-refractivity contribution >= 4 is 44.6 Å². The van der Waals surface area contributed by atoms with Gasteiger partial charge in [-0.15, -0.1) is 11.3 Å². The number of sulfonamides is 1. The SMILES string of the molecule is Cc1nc(-c2cccc(NC(=O)COc3ccc(S(=O)(=O)N4CCOCC4)cc3Cl)c2)cs1. The molecule has 0 radical (unpaired) electrons. The Labute approximate surface area is 201 Å². The number of nitrogens with zero attached hydrogens (tertiary/aromatic N) is 2. The van der Waals surface area contributed by atoms with Gasteiger partial charge in [0.15, 0.2) is 6.61 Å². The van der Waals surface area contributed by atoms with Crippen molar-refractivity contribution in [2.24, 2.45) is 0 Å². The molecule has 174 valence electrons. The lowest BCUT2D eigenvalue weighted by Crippen LogP contribution is -2.40. The molecule has 1 aromatic heterocycles. The second-order valence-corrected chi connectivity index (χ2v) is 10.7. The normalized spacial score (nSPS) is 14.7. The van der Waals surface area contributed by atoms with Crippen LogP contribution in [0, 0.1) is 6.92 Å². The first-order valence-electron chi connectivity index (χ1n) is 10.2. The summed E-state index contributed by atoms with van der Waals surface area (Å²) < 4.78 is 37.6. The number of hydrogen-bond acceptors (Lipinski definition) is 7. The summed E-state index contributed by atoms with van der Waals surface area (Å²) in [7, 11) is -3.67. The Morgan fingerprint density at radius 2 is 2.03 bits per heavy atom. The van der Waals surface area contributed by atoms with Gasteiger partial charge in [0.25, 0.3) is 5.91 Å². The summed E-state index contributed by atoms with van der Waals surface area (Å²) in [6.07, 6.45) is 0. The van der Waals surface area contributed by atoms with Crippen LogP contribution in [-0.2, 0) is 19.6 Å². The minimum absolute atomic E-state index is 0.0697. The van der Waals surface area contributed by atoms with Crippen LogP contribution >= 0.6 is 22.9 Å². The van der Waals surface area contributed by atoms with Crippen molar-refractivity contribution in [3.05, 3.63) is 57.9 Å². The highest BCUT2D eigenvalue weighted by Gasteiger charge is 2.27. The van der Waals surface area contributed by atoms with Gasteiger partial charge >= 0.3 is 0 Å². The van der Waals surface area contributed by atoms with E-state index in [0.717, 1.165) is 16.3 Å². The Kier molecular flexibility index (Phi) is 7.30. The Hall–Kier alpha value is -2.50. The van der Waals surface area contributed by atoms with Crippen LogP contribution in [0.2, 0.25) is 5.02 Å². The second kappa shape index (κ2) is 10.2. The number of hydrogen-bond donors (Lipinski definition) is 1. The maximum absolute atomic E-state index is 12.8. The monoisotopic (exact) mass is 507 g/mol. The predicted octanol–water partition coefficient (Wildman–Crippen LogP) is 3.81. The number of carbonyl (C=O) groups is 1. The summed E-state index contributed by atoms with van der Waals surface area (Å²) >= 11 is 7.80. The molecule has 3 aromatic rings. The number of nitrogens with one attached hydrogen (secondary N) is 1. The molecule has 8 nitrogen and oxygen atoms in total. The van der Waals surface area contributed by atoms with Gasteiger partial charge in [0.05, 0.1) is 33.8 Å². The van der Waals surface area contributed by atoms with Gasteiger partial charge in [-0.25, -0.2) is 13.4 Å². The van der Waals surface area contributed by atoms with Gasteiger partial charge in [-0.1, -0.05) is 23.7 Å². The molecule has 11 heteroatoms. The Morgan fingerprint density at radius 1 is 1.24 bits per heavy atom. The van der Waals surface area contributed by atoms with Crippen LogP contribution in [0.5, 0.6) is 5.75 Å². The number of aryl methyl sites for hydroxylation is 1. The van der Waals surface area contributed by atoms with Gasteiger partial charge in [0.2, 0.25) is 10.0 Å². The van der Waals surface area contributed by atoms with E-state index in [-0.39, 0.29) is 28.2 Å². The number of aromatic nitrogens is 1. The highest BCUT2D eigenvalue weighted by molar-refractivity contribution is 7.89. The topological polar surface area (TPSA) is 97.8 Å². The number of halogens is 1. The van der Waals surface area contributed by atoms with Crippen LogP contribution in [0.3, 0.4) is 0 Å². The molecule has 0 bridgehead atoms. The first-order valence-corrected chi connectivity index (χ1v) is 12.9. The molecule has 1 aliphatic heterocycles. The molecule has 1 N–H and O–H groups in total. The quantitative estimate of drug-likeness (QED) is 0.522. The van der Waals surface area contributed by atoms with Crippen molar-refractivity contribution in [1.29, 1.82) is 0 Å². The molecule has 1 saturated heterocycles. The third-order valence-corrected chi connectivity index (χ3v) is 7.89. The molecule has 0 unspecified atom stereocenters. The lowest BCUT2D eigenvalue weighted by Gasteiger charge is -2.26. The van der Waals surface area contributed by atoms with Crippen molar-refractivity contribution in [3.63, 3.8) is 0 Å². The molecule has 2 heterocycles. The zero-order valence-corrected chi connectivity index (χ0v) is 20.2. The van der Waals surface area contributed by atoms with Gasteiger partial charge in [0, 0.05) is 29.7 Å². The highest BCUT2D eigenvalue weighted by atomic mass is 35.5. The lowest BCUT2D eigenvalue weighted by atomic mass is 10.1.